The summed E-state index contributed by atoms with van der Waals surface area (Å²) in [5.74, 6) is -0.251. The first-order valence-corrected chi connectivity index (χ1v) is 13.5. The highest BCUT2D eigenvalue weighted by atomic mass is 32.1. The number of rotatable bonds is 6. The molecule has 6 rings (SSSR count). The van der Waals surface area contributed by atoms with Gasteiger partial charge >= 0.3 is 6.09 Å². The summed E-state index contributed by atoms with van der Waals surface area (Å²) in [6.45, 7) is 14.6. The molecule has 5 aromatic rings. The molecule has 1 N–H and O–H groups in total. The van der Waals surface area contributed by atoms with Gasteiger partial charge in [0.1, 0.15) is 17.2 Å². The fraction of sp³-hybridized carbons (Fsp3) is 0.207. The number of nitrogens with one attached hydrogen (secondary N) is 1. The van der Waals surface area contributed by atoms with Gasteiger partial charge in [-0.3, -0.25) is 10.3 Å². The molecule has 0 aliphatic heterocycles. The number of fused-ring (bicyclic) bond motifs is 2. The maximum atomic E-state index is 15.2. The number of carbonyl (C=O) groups is 1. The Morgan fingerprint density at radius 3 is 2.67 bits per heavy atom. The van der Waals surface area contributed by atoms with Gasteiger partial charge in [-0.05, 0) is 37.5 Å². The fourth-order valence-corrected chi connectivity index (χ4v) is 5.71. The van der Waals surface area contributed by atoms with Gasteiger partial charge in [0.2, 0.25) is 11.6 Å². The zero-order chi connectivity index (χ0) is 29.2. The lowest BCUT2D eigenvalue weighted by atomic mass is 10.1. The molecule has 42 heavy (non-hydrogen) atoms. The number of thiazole rings is 1. The van der Waals surface area contributed by atoms with Gasteiger partial charge in [0.15, 0.2) is 17.3 Å². The number of benzene rings is 2. The number of methoxy groups -OCH3 is 1. The largest absolute Gasteiger partial charge is 0.483 e. The summed E-state index contributed by atoms with van der Waals surface area (Å²) in [7, 11) is 1.49. The Morgan fingerprint density at radius 2 is 1.86 bits per heavy atom. The SMILES string of the molecule is [C-]#[N+]c1cncc(NC(=O)O[C@H]2CCC[C@H]2Oc2cc3sc(-c4cc([N+]#[C-])cc5nc(OC)cnc45)nc3cc2F)c1. The highest BCUT2D eigenvalue weighted by Gasteiger charge is 2.33. The Hall–Kier alpha value is -5.40. The van der Waals surface area contributed by atoms with Crippen molar-refractivity contribution >= 4 is 55.7 Å². The fourth-order valence-electron chi connectivity index (χ4n) is 4.72. The molecule has 0 unspecified atom stereocenters. The van der Waals surface area contributed by atoms with Crippen molar-refractivity contribution in [2.75, 3.05) is 12.4 Å². The first-order chi connectivity index (χ1) is 20.4. The zero-order valence-corrected chi connectivity index (χ0v) is 22.8. The highest BCUT2D eigenvalue weighted by molar-refractivity contribution is 7.21. The number of carbonyl (C=O) groups excluding carboxylic acids is 1. The van der Waals surface area contributed by atoms with E-state index < -0.39 is 24.1 Å². The van der Waals surface area contributed by atoms with Gasteiger partial charge in [0, 0.05) is 30.1 Å². The number of aromatic nitrogens is 4. The van der Waals surface area contributed by atoms with E-state index in [1.54, 1.807) is 18.2 Å². The van der Waals surface area contributed by atoms with Crippen molar-refractivity contribution in [2.45, 2.75) is 31.5 Å². The molecule has 0 bridgehead atoms. The van der Waals surface area contributed by atoms with Crippen LogP contribution in [0.4, 0.5) is 26.2 Å². The summed E-state index contributed by atoms with van der Waals surface area (Å²) in [4.78, 5) is 36.7. The van der Waals surface area contributed by atoms with Crippen LogP contribution in [0.2, 0.25) is 0 Å². The van der Waals surface area contributed by atoms with Crippen molar-refractivity contribution in [2.24, 2.45) is 0 Å². The second kappa shape index (κ2) is 11.2. The minimum Gasteiger partial charge on any atom is -0.483 e. The van der Waals surface area contributed by atoms with Crippen molar-refractivity contribution in [1.82, 2.24) is 19.9 Å². The number of ether oxygens (including phenoxy) is 3. The molecule has 1 amide bonds. The van der Waals surface area contributed by atoms with Crippen LogP contribution >= 0.6 is 11.3 Å². The van der Waals surface area contributed by atoms with Crippen molar-refractivity contribution < 1.29 is 23.4 Å². The topological polar surface area (TPSA) is 117 Å². The highest BCUT2D eigenvalue weighted by Crippen LogP contribution is 2.39. The van der Waals surface area contributed by atoms with E-state index in [4.69, 9.17) is 27.4 Å². The van der Waals surface area contributed by atoms with Gasteiger partial charge in [0.05, 0.1) is 53.4 Å². The lowest BCUT2D eigenvalue weighted by Gasteiger charge is -2.22. The van der Waals surface area contributed by atoms with Crippen LogP contribution in [0.5, 0.6) is 11.6 Å². The van der Waals surface area contributed by atoms with E-state index in [-0.39, 0.29) is 11.4 Å². The average molecular weight is 582 g/mol. The number of anilines is 1. The predicted molar refractivity (Wildman–Crippen MR) is 154 cm³/mol. The summed E-state index contributed by atoms with van der Waals surface area (Å²) >= 11 is 1.31. The van der Waals surface area contributed by atoms with E-state index in [9.17, 15) is 4.79 Å². The van der Waals surface area contributed by atoms with Gasteiger partial charge in [-0.25, -0.2) is 33.8 Å². The van der Waals surface area contributed by atoms with Crippen LogP contribution in [0.3, 0.4) is 0 Å². The van der Waals surface area contributed by atoms with Crippen LogP contribution in [0.25, 0.3) is 41.5 Å². The molecule has 0 saturated heterocycles. The van der Waals surface area contributed by atoms with E-state index in [0.29, 0.717) is 61.9 Å². The molecule has 1 aliphatic rings. The molecule has 208 valence electrons. The minimum absolute atomic E-state index is 0.0249. The van der Waals surface area contributed by atoms with Crippen molar-refractivity contribution in [3.05, 3.63) is 77.6 Å². The van der Waals surface area contributed by atoms with Gasteiger partial charge in [-0.15, -0.1) is 11.3 Å². The summed E-state index contributed by atoms with van der Waals surface area (Å²) in [6, 6.07) is 7.68. The third-order valence-corrected chi connectivity index (χ3v) is 7.70. The average Bonchev–Trinajstić information content (AvgIpc) is 3.62. The molecule has 0 spiro atoms. The van der Waals surface area contributed by atoms with Crippen molar-refractivity contribution in [1.29, 1.82) is 0 Å². The van der Waals surface area contributed by atoms with E-state index >= 15 is 4.39 Å². The molecule has 1 saturated carbocycles. The number of halogens is 1. The Bertz CT molecular complexity index is 1930. The van der Waals surface area contributed by atoms with Crippen LogP contribution in [0.1, 0.15) is 19.3 Å². The first kappa shape index (κ1) is 26.8. The normalized spacial score (nSPS) is 16.1. The maximum absolute atomic E-state index is 15.2. The Morgan fingerprint density at radius 1 is 1.02 bits per heavy atom. The van der Waals surface area contributed by atoms with Gasteiger partial charge < -0.3 is 14.2 Å². The maximum Gasteiger partial charge on any atom is 0.412 e. The standard InChI is InChI=1S/C29H20FN7O4S/c1-31-15-8-18(27-21(9-15)36-26(39-3)14-34-27)28-37-20-10-19(30)24(11-25(20)42-28)40-22-5-4-6-23(22)41-29(38)35-17-7-16(32-2)12-33-13-17/h7-14,22-23H,4-6H2,3H3,(H,35,38)/t22-,23+/m1/s1. The smallest absolute Gasteiger partial charge is 0.412 e. The summed E-state index contributed by atoms with van der Waals surface area (Å²) in [5, 5.41) is 3.12. The molecule has 2 aromatic carbocycles. The van der Waals surface area contributed by atoms with Crippen LogP contribution in [-0.2, 0) is 4.74 Å². The monoisotopic (exact) mass is 581 g/mol. The number of nitrogens with zero attached hydrogens (tertiary/aromatic N) is 6. The summed E-state index contributed by atoms with van der Waals surface area (Å²) in [6.07, 6.45) is 4.32. The molecule has 13 heteroatoms. The third-order valence-electron chi connectivity index (χ3n) is 6.65. The second-order valence-electron chi connectivity index (χ2n) is 9.35. The second-order valence-corrected chi connectivity index (χ2v) is 10.4. The van der Waals surface area contributed by atoms with Gasteiger partial charge in [-0.1, -0.05) is 0 Å². The van der Waals surface area contributed by atoms with Crippen LogP contribution in [-0.4, -0.2) is 45.3 Å². The van der Waals surface area contributed by atoms with Crippen LogP contribution in [0.15, 0.2) is 48.9 Å². The van der Waals surface area contributed by atoms with Crippen molar-refractivity contribution in [3.8, 4) is 22.2 Å². The summed E-state index contributed by atoms with van der Waals surface area (Å²) in [5.41, 5.74) is 3.04. The van der Waals surface area contributed by atoms with E-state index in [1.807, 2.05) is 0 Å². The molecule has 3 aromatic heterocycles. The Kier molecular flexibility index (Phi) is 7.17. The quantitative estimate of drug-likeness (QED) is 0.211. The molecule has 0 radical (unpaired) electrons. The zero-order valence-electron chi connectivity index (χ0n) is 22.0. The first-order valence-electron chi connectivity index (χ1n) is 12.7. The molecule has 2 atom stereocenters. The molecule has 1 aliphatic carbocycles. The number of hydrogen-bond donors (Lipinski definition) is 1. The lowest BCUT2D eigenvalue weighted by Crippen LogP contribution is -2.32. The molecular formula is C29H20FN7O4S. The Labute approximate surface area is 242 Å². The summed E-state index contributed by atoms with van der Waals surface area (Å²) < 4.78 is 32.7. The van der Waals surface area contributed by atoms with E-state index in [2.05, 4.69) is 34.9 Å². The number of amides is 1. The molecule has 1 fully saturated rings. The van der Waals surface area contributed by atoms with E-state index in [1.165, 1.54) is 49.2 Å². The van der Waals surface area contributed by atoms with E-state index in [0.717, 1.165) is 6.42 Å². The predicted octanol–water partition coefficient (Wildman–Crippen LogP) is 7.10. The number of pyridine rings is 1. The molecular weight excluding hydrogens is 561 g/mol. The van der Waals surface area contributed by atoms with Crippen LogP contribution in [0, 0.1) is 19.0 Å². The van der Waals surface area contributed by atoms with Gasteiger partial charge in [-0.2, -0.15) is 0 Å². The molecule has 3 heterocycles. The number of hydrogen-bond acceptors (Lipinski definition) is 9. The lowest BCUT2D eigenvalue weighted by molar-refractivity contribution is 0.0401. The third kappa shape index (κ3) is 5.33. The minimum atomic E-state index is -0.711. The van der Waals surface area contributed by atoms with Crippen LogP contribution < -0.4 is 14.8 Å². The Balaban J connectivity index is 1.24. The molecule has 11 nitrogen and oxygen atoms in total. The van der Waals surface area contributed by atoms with Crippen molar-refractivity contribution in [3.63, 3.8) is 0 Å². The van der Waals surface area contributed by atoms with Gasteiger partial charge in [0.25, 0.3) is 0 Å².